The van der Waals surface area contributed by atoms with Crippen LogP contribution in [0.2, 0.25) is 0 Å². The summed E-state index contributed by atoms with van der Waals surface area (Å²) < 4.78 is 5.18. The third-order valence-electron chi connectivity index (χ3n) is 4.01. The highest BCUT2D eigenvalue weighted by atomic mass is 16.6. The van der Waals surface area contributed by atoms with Crippen LogP contribution in [0.15, 0.2) is 18.2 Å². The summed E-state index contributed by atoms with van der Waals surface area (Å²) >= 11 is 0. The highest BCUT2D eigenvalue weighted by Crippen LogP contribution is 2.26. The lowest BCUT2D eigenvalue weighted by atomic mass is 10.0. The molecule has 2 N–H and O–H groups in total. The first-order valence-electron chi connectivity index (χ1n) is 9.25. The van der Waals surface area contributed by atoms with Gasteiger partial charge in [0.05, 0.1) is 11.1 Å². The number of carbonyl (C=O) groups is 5. The van der Waals surface area contributed by atoms with Crippen LogP contribution in [0.3, 0.4) is 0 Å². The monoisotopic (exact) mass is 403 g/mol. The highest BCUT2D eigenvalue weighted by Gasteiger charge is 2.37. The molecule has 1 heterocycles. The number of imide groups is 2. The number of nitrogens with zero attached hydrogens (tertiary/aromatic N) is 1. The summed E-state index contributed by atoms with van der Waals surface area (Å²) in [5.74, 6) is -1.84. The Hall–Kier alpha value is -3.23. The van der Waals surface area contributed by atoms with E-state index in [0.717, 1.165) is 4.90 Å². The molecule has 0 saturated carbocycles. The number of alkyl carbamates (subject to hydrolysis) is 1. The van der Waals surface area contributed by atoms with Gasteiger partial charge in [-0.1, -0.05) is 12.1 Å². The van der Waals surface area contributed by atoms with Crippen molar-refractivity contribution in [3.05, 3.63) is 34.9 Å². The van der Waals surface area contributed by atoms with Gasteiger partial charge in [-0.2, -0.15) is 0 Å². The molecule has 0 atom stereocenters. The molecule has 1 aliphatic rings. The van der Waals surface area contributed by atoms with Gasteiger partial charge in [-0.25, -0.2) is 4.79 Å². The van der Waals surface area contributed by atoms with Crippen LogP contribution in [0, 0.1) is 0 Å². The molecule has 29 heavy (non-hydrogen) atoms. The molecule has 0 fully saturated rings. The van der Waals surface area contributed by atoms with E-state index >= 15 is 0 Å². The molecule has 0 aromatic heterocycles. The van der Waals surface area contributed by atoms with Crippen molar-refractivity contribution in [3.8, 4) is 0 Å². The molecule has 1 aromatic carbocycles. The van der Waals surface area contributed by atoms with E-state index in [1.54, 1.807) is 39.0 Å². The van der Waals surface area contributed by atoms with Crippen molar-refractivity contribution in [1.29, 1.82) is 0 Å². The van der Waals surface area contributed by atoms with Gasteiger partial charge in [0.25, 0.3) is 11.8 Å². The van der Waals surface area contributed by atoms with Crippen molar-refractivity contribution >= 4 is 29.7 Å². The lowest BCUT2D eigenvalue weighted by molar-refractivity contribution is -0.129. The number of fused-ring (bicyclic) bond motifs is 1. The standard InChI is InChI=1S/C20H25N3O6/c1-12(24)22-15(25)9-6-10-23-17(26)14-8-5-7-13(16(14)18(23)27)11-21-19(28)29-20(2,3)4/h5,7-8H,6,9-11H2,1-4H3,(H,21,28)(H,22,24,25). The quantitative estimate of drug-likeness (QED) is 0.698. The fourth-order valence-electron chi connectivity index (χ4n) is 2.89. The second-order valence-electron chi connectivity index (χ2n) is 7.67. The maximum absolute atomic E-state index is 12.8. The third-order valence-corrected chi connectivity index (χ3v) is 4.01. The Morgan fingerprint density at radius 2 is 1.79 bits per heavy atom. The Balaban J connectivity index is 2.03. The predicted molar refractivity (Wildman–Crippen MR) is 103 cm³/mol. The maximum Gasteiger partial charge on any atom is 0.407 e. The van der Waals surface area contributed by atoms with Crippen LogP contribution in [-0.4, -0.2) is 46.8 Å². The van der Waals surface area contributed by atoms with E-state index in [4.69, 9.17) is 4.74 Å². The number of rotatable bonds is 6. The van der Waals surface area contributed by atoms with Crippen molar-refractivity contribution in [1.82, 2.24) is 15.5 Å². The largest absolute Gasteiger partial charge is 0.444 e. The molecule has 1 aliphatic heterocycles. The van der Waals surface area contributed by atoms with Crippen LogP contribution in [0.1, 0.15) is 66.8 Å². The molecule has 1 aromatic rings. The van der Waals surface area contributed by atoms with E-state index in [9.17, 15) is 24.0 Å². The minimum absolute atomic E-state index is 0.0139. The Kier molecular flexibility index (Phi) is 6.73. The molecule has 0 radical (unpaired) electrons. The SMILES string of the molecule is CC(=O)NC(=O)CCCN1C(=O)c2cccc(CNC(=O)OC(C)(C)C)c2C1=O. The van der Waals surface area contributed by atoms with E-state index in [1.807, 2.05) is 0 Å². The summed E-state index contributed by atoms with van der Waals surface area (Å²) in [5.41, 5.74) is 0.344. The van der Waals surface area contributed by atoms with Crippen LogP contribution >= 0.6 is 0 Å². The Bertz CT molecular complexity index is 856. The topological polar surface area (TPSA) is 122 Å². The fourth-order valence-corrected chi connectivity index (χ4v) is 2.89. The van der Waals surface area contributed by atoms with Crippen LogP contribution in [0.5, 0.6) is 0 Å². The van der Waals surface area contributed by atoms with Gasteiger partial charge < -0.3 is 10.1 Å². The van der Waals surface area contributed by atoms with Crippen LogP contribution in [-0.2, 0) is 20.9 Å². The zero-order chi connectivity index (χ0) is 21.8. The smallest absolute Gasteiger partial charge is 0.407 e. The van der Waals surface area contributed by atoms with Crippen LogP contribution < -0.4 is 10.6 Å². The average Bonchev–Trinajstić information content (AvgIpc) is 2.83. The zero-order valence-corrected chi connectivity index (χ0v) is 17.0. The van der Waals surface area contributed by atoms with Crippen molar-refractivity contribution in [2.24, 2.45) is 0 Å². The van der Waals surface area contributed by atoms with Crippen LogP contribution in [0.4, 0.5) is 4.79 Å². The van der Waals surface area contributed by atoms with Gasteiger partial charge in [0, 0.05) is 26.4 Å². The minimum Gasteiger partial charge on any atom is -0.444 e. The van der Waals surface area contributed by atoms with Crippen LogP contribution in [0.25, 0.3) is 0 Å². The first kappa shape index (κ1) is 22.1. The number of ether oxygens (including phenoxy) is 1. The lowest BCUT2D eigenvalue weighted by Gasteiger charge is -2.20. The van der Waals surface area contributed by atoms with Gasteiger partial charge in [-0.05, 0) is 38.8 Å². The maximum atomic E-state index is 12.8. The predicted octanol–water partition coefficient (Wildman–Crippen LogP) is 1.75. The first-order chi connectivity index (χ1) is 13.5. The molecule has 156 valence electrons. The fraction of sp³-hybridized carbons (Fsp3) is 0.450. The molecule has 9 heteroatoms. The van der Waals surface area contributed by atoms with Crippen molar-refractivity contribution in [3.63, 3.8) is 0 Å². The Labute approximate surface area is 168 Å². The number of carbonyl (C=O) groups excluding carboxylic acids is 5. The molecule has 0 saturated heterocycles. The molecule has 0 bridgehead atoms. The second-order valence-corrected chi connectivity index (χ2v) is 7.67. The highest BCUT2D eigenvalue weighted by molar-refractivity contribution is 6.22. The summed E-state index contributed by atoms with van der Waals surface area (Å²) in [6.07, 6.45) is -0.379. The number of benzene rings is 1. The van der Waals surface area contributed by atoms with Gasteiger partial charge in [0.15, 0.2) is 0 Å². The van der Waals surface area contributed by atoms with Gasteiger partial charge in [0.2, 0.25) is 11.8 Å². The molecule has 5 amide bonds. The van der Waals surface area contributed by atoms with Crippen molar-refractivity contribution in [2.75, 3.05) is 6.54 Å². The van der Waals surface area contributed by atoms with Crippen molar-refractivity contribution in [2.45, 2.75) is 52.7 Å². The average molecular weight is 403 g/mol. The zero-order valence-electron chi connectivity index (χ0n) is 17.0. The molecular weight excluding hydrogens is 378 g/mol. The molecular formula is C20H25N3O6. The molecule has 0 unspecified atom stereocenters. The van der Waals surface area contributed by atoms with Gasteiger partial charge in [-0.3, -0.25) is 29.4 Å². The van der Waals surface area contributed by atoms with E-state index in [-0.39, 0.29) is 37.1 Å². The number of nitrogens with one attached hydrogen (secondary N) is 2. The summed E-state index contributed by atoms with van der Waals surface area (Å²) in [6, 6.07) is 4.85. The van der Waals surface area contributed by atoms with Gasteiger partial charge >= 0.3 is 6.09 Å². The second kappa shape index (κ2) is 8.85. The van der Waals surface area contributed by atoms with E-state index in [0.29, 0.717) is 5.56 Å². The summed E-state index contributed by atoms with van der Waals surface area (Å²) in [7, 11) is 0. The van der Waals surface area contributed by atoms with Gasteiger partial charge in [0.1, 0.15) is 5.60 Å². The van der Waals surface area contributed by atoms with E-state index in [2.05, 4.69) is 10.6 Å². The first-order valence-corrected chi connectivity index (χ1v) is 9.25. The normalized spacial score (nSPS) is 13.2. The number of amides is 5. The third kappa shape index (κ3) is 5.87. The summed E-state index contributed by atoms with van der Waals surface area (Å²) in [5, 5.41) is 4.73. The van der Waals surface area contributed by atoms with E-state index < -0.39 is 35.3 Å². The van der Waals surface area contributed by atoms with Gasteiger partial charge in [-0.15, -0.1) is 0 Å². The van der Waals surface area contributed by atoms with Crippen molar-refractivity contribution < 1.29 is 28.7 Å². The molecule has 0 aliphatic carbocycles. The minimum atomic E-state index is -0.653. The lowest BCUT2D eigenvalue weighted by Crippen LogP contribution is -2.33. The summed E-state index contributed by atoms with van der Waals surface area (Å²) in [4.78, 5) is 60.7. The molecule has 0 spiro atoms. The summed E-state index contributed by atoms with van der Waals surface area (Å²) in [6.45, 7) is 6.54. The number of hydrogen-bond acceptors (Lipinski definition) is 6. The van der Waals surface area contributed by atoms with E-state index in [1.165, 1.54) is 6.92 Å². The Morgan fingerprint density at radius 3 is 2.41 bits per heavy atom. The Morgan fingerprint density at radius 1 is 1.10 bits per heavy atom. The molecule has 2 rings (SSSR count). The molecule has 9 nitrogen and oxygen atoms in total. The number of hydrogen-bond donors (Lipinski definition) is 2.